The minimum Gasteiger partial charge on any atom is -0.480 e. The predicted octanol–water partition coefficient (Wildman–Crippen LogP) is -2.19. The van der Waals surface area contributed by atoms with E-state index in [0.29, 0.717) is 19.8 Å². The molecular formula is C10H17N3O5. The lowest BCUT2D eigenvalue weighted by molar-refractivity contribution is -0.143. The first-order valence-electron chi connectivity index (χ1n) is 5.60. The molecule has 1 heterocycles. The van der Waals surface area contributed by atoms with Crippen LogP contribution in [0.1, 0.15) is 12.8 Å². The van der Waals surface area contributed by atoms with Crippen molar-refractivity contribution in [2.75, 3.05) is 19.8 Å². The van der Waals surface area contributed by atoms with Crippen LogP contribution in [0.2, 0.25) is 0 Å². The van der Waals surface area contributed by atoms with Crippen molar-refractivity contribution in [2.45, 2.75) is 24.9 Å². The summed E-state index contributed by atoms with van der Waals surface area (Å²) in [6, 6.07) is -1.42. The maximum Gasteiger partial charge on any atom is 0.326 e. The first-order valence-corrected chi connectivity index (χ1v) is 5.60. The highest BCUT2D eigenvalue weighted by Gasteiger charge is 2.24. The molecule has 0 bridgehead atoms. The van der Waals surface area contributed by atoms with Crippen LogP contribution in [-0.4, -0.2) is 54.7 Å². The van der Waals surface area contributed by atoms with Crippen molar-refractivity contribution >= 4 is 17.8 Å². The largest absolute Gasteiger partial charge is 0.480 e. The Labute approximate surface area is 104 Å². The molecule has 0 aliphatic carbocycles. The average molecular weight is 259 g/mol. The Morgan fingerprint density at radius 2 is 2.22 bits per heavy atom. The van der Waals surface area contributed by atoms with Gasteiger partial charge in [-0.2, -0.15) is 0 Å². The third-order valence-electron chi connectivity index (χ3n) is 2.47. The Morgan fingerprint density at radius 3 is 2.72 bits per heavy atom. The van der Waals surface area contributed by atoms with Crippen LogP contribution in [0.15, 0.2) is 0 Å². The SMILES string of the molecule is NC(=O)C[C@@H](NC(=O)CC1COCCN1)C(=O)O. The number of carboxylic acids is 1. The van der Waals surface area contributed by atoms with Gasteiger partial charge in [0.15, 0.2) is 0 Å². The van der Waals surface area contributed by atoms with Crippen LogP contribution in [0, 0.1) is 0 Å². The van der Waals surface area contributed by atoms with Crippen LogP contribution < -0.4 is 16.4 Å². The van der Waals surface area contributed by atoms with Crippen molar-refractivity contribution in [1.82, 2.24) is 10.6 Å². The highest BCUT2D eigenvalue weighted by molar-refractivity contribution is 5.88. The van der Waals surface area contributed by atoms with E-state index in [1.807, 2.05) is 0 Å². The maximum absolute atomic E-state index is 11.6. The van der Waals surface area contributed by atoms with Crippen molar-refractivity contribution in [1.29, 1.82) is 0 Å². The van der Waals surface area contributed by atoms with E-state index >= 15 is 0 Å². The van der Waals surface area contributed by atoms with Crippen molar-refractivity contribution in [2.24, 2.45) is 5.73 Å². The van der Waals surface area contributed by atoms with Gasteiger partial charge >= 0.3 is 5.97 Å². The normalized spacial score (nSPS) is 21.0. The van der Waals surface area contributed by atoms with Crippen molar-refractivity contribution in [3.8, 4) is 0 Å². The first kappa shape index (κ1) is 14.4. The van der Waals surface area contributed by atoms with E-state index in [1.165, 1.54) is 0 Å². The van der Waals surface area contributed by atoms with Crippen LogP contribution in [0.3, 0.4) is 0 Å². The van der Waals surface area contributed by atoms with Gasteiger partial charge in [0.1, 0.15) is 6.04 Å². The van der Waals surface area contributed by atoms with Gasteiger partial charge in [0.2, 0.25) is 11.8 Å². The molecule has 0 aromatic heterocycles. The molecule has 8 nitrogen and oxygen atoms in total. The minimum atomic E-state index is -1.28. The van der Waals surface area contributed by atoms with Gasteiger partial charge in [-0.25, -0.2) is 4.79 Å². The zero-order chi connectivity index (χ0) is 13.5. The van der Waals surface area contributed by atoms with Gasteiger partial charge in [-0.1, -0.05) is 0 Å². The van der Waals surface area contributed by atoms with Crippen LogP contribution in [0.5, 0.6) is 0 Å². The van der Waals surface area contributed by atoms with Gasteiger partial charge < -0.3 is 26.2 Å². The number of hydrogen-bond acceptors (Lipinski definition) is 5. The van der Waals surface area contributed by atoms with Gasteiger partial charge in [0.05, 0.1) is 19.6 Å². The monoisotopic (exact) mass is 259 g/mol. The number of carbonyl (C=O) groups excluding carboxylic acids is 2. The summed E-state index contributed by atoms with van der Waals surface area (Å²) in [6.45, 7) is 1.65. The van der Waals surface area contributed by atoms with Crippen LogP contribution in [-0.2, 0) is 19.1 Å². The van der Waals surface area contributed by atoms with E-state index in [1.54, 1.807) is 0 Å². The quantitative estimate of drug-likeness (QED) is 0.428. The number of nitrogens with two attached hydrogens (primary N) is 1. The zero-order valence-corrected chi connectivity index (χ0v) is 9.85. The number of rotatable bonds is 6. The molecule has 0 aromatic carbocycles. The lowest BCUT2D eigenvalue weighted by atomic mass is 10.1. The summed E-state index contributed by atoms with van der Waals surface area (Å²) in [5, 5.41) is 14.1. The van der Waals surface area contributed by atoms with Gasteiger partial charge in [-0.3, -0.25) is 9.59 Å². The summed E-state index contributed by atoms with van der Waals surface area (Å²) in [5.41, 5.74) is 4.91. The topological polar surface area (TPSA) is 131 Å². The molecule has 1 saturated heterocycles. The molecule has 0 saturated carbocycles. The first-order chi connectivity index (χ1) is 8.49. The fourth-order valence-corrected chi connectivity index (χ4v) is 1.63. The zero-order valence-electron chi connectivity index (χ0n) is 9.85. The Balaban J connectivity index is 2.40. The molecule has 0 spiro atoms. The number of aliphatic carboxylic acids is 1. The van der Waals surface area contributed by atoms with Crippen molar-refractivity contribution in [3.05, 3.63) is 0 Å². The van der Waals surface area contributed by atoms with E-state index in [-0.39, 0.29) is 12.5 Å². The van der Waals surface area contributed by atoms with Gasteiger partial charge in [0, 0.05) is 19.0 Å². The number of carbonyl (C=O) groups is 3. The minimum absolute atomic E-state index is 0.0997. The molecule has 5 N–H and O–H groups in total. The summed E-state index contributed by atoms with van der Waals surface area (Å²) >= 11 is 0. The highest BCUT2D eigenvalue weighted by atomic mass is 16.5. The van der Waals surface area contributed by atoms with Crippen LogP contribution in [0.25, 0.3) is 0 Å². The number of hydrogen-bond donors (Lipinski definition) is 4. The number of ether oxygens (including phenoxy) is 1. The summed E-state index contributed by atoms with van der Waals surface area (Å²) in [5.74, 6) is -2.51. The fraction of sp³-hybridized carbons (Fsp3) is 0.700. The molecular weight excluding hydrogens is 242 g/mol. The van der Waals surface area contributed by atoms with Crippen LogP contribution >= 0.6 is 0 Å². The van der Waals surface area contributed by atoms with Gasteiger partial charge in [-0.05, 0) is 0 Å². The molecule has 8 heteroatoms. The number of amides is 2. The van der Waals surface area contributed by atoms with E-state index in [2.05, 4.69) is 10.6 Å². The molecule has 1 rings (SSSR count). The second kappa shape index (κ2) is 6.92. The molecule has 2 atom stereocenters. The molecule has 1 aliphatic rings. The van der Waals surface area contributed by atoms with E-state index in [4.69, 9.17) is 15.6 Å². The van der Waals surface area contributed by atoms with Crippen molar-refractivity contribution < 1.29 is 24.2 Å². The molecule has 102 valence electrons. The smallest absolute Gasteiger partial charge is 0.326 e. The molecule has 0 aromatic rings. The van der Waals surface area contributed by atoms with E-state index < -0.39 is 30.2 Å². The Bertz CT molecular complexity index is 327. The van der Waals surface area contributed by atoms with Gasteiger partial charge in [0.25, 0.3) is 0 Å². The second-order valence-corrected chi connectivity index (χ2v) is 4.06. The summed E-state index contributed by atoms with van der Waals surface area (Å²) in [4.78, 5) is 33.0. The predicted molar refractivity (Wildman–Crippen MR) is 60.6 cm³/mol. The molecule has 2 amide bonds. The molecule has 1 fully saturated rings. The third-order valence-corrected chi connectivity index (χ3v) is 2.47. The molecule has 18 heavy (non-hydrogen) atoms. The molecule has 0 radical (unpaired) electrons. The Morgan fingerprint density at radius 1 is 1.50 bits per heavy atom. The van der Waals surface area contributed by atoms with Crippen molar-refractivity contribution in [3.63, 3.8) is 0 Å². The summed E-state index contributed by atoms with van der Waals surface area (Å²) in [6.07, 6.45) is -0.321. The lowest BCUT2D eigenvalue weighted by Gasteiger charge is -2.23. The highest BCUT2D eigenvalue weighted by Crippen LogP contribution is 2.00. The standard InChI is InChI=1S/C10H17N3O5/c11-8(14)4-7(10(16)17)13-9(15)3-6-5-18-2-1-12-6/h6-7,12H,1-5H2,(H2,11,14)(H,13,15)(H,16,17)/t6?,7-/m1/s1. The lowest BCUT2D eigenvalue weighted by Crippen LogP contribution is -2.48. The number of primary amides is 1. The Hall–Kier alpha value is -1.67. The maximum atomic E-state index is 11.6. The average Bonchev–Trinajstić information content (AvgIpc) is 2.28. The fourth-order valence-electron chi connectivity index (χ4n) is 1.63. The summed E-state index contributed by atoms with van der Waals surface area (Å²) < 4.78 is 5.17. The third kappa shape index (κ3) is 5.11. The molecule has 1 unspecified atom stereocenters. The number of nitrogens with one attached hydrogen (secondary N) is 2. The Kier molecular flexibility index (Phi) is 5.53. The van der Waals surface area contributed by atoms with E-state index in [0.717, 1.165) is 0 Å². The van der Waals surface area contributed by atoms with E-state index in [9.17, 15) is 14.4 Å². The summed E-state index contributed by atoms with van der Waals surface area (Å²) in [7, 11) is 0. The number of carboxylic acid groups (broad SMARTS) is 1. The van der Waals surface area contributed by atoms with Gasteiger partial charge in [-0.15, -0.1) is 0 Å². The number of morpholine rings is 1. The second-order valence-electron chi connectivity index (χ2n) is 4.06. The van der Waals surface area contributed by atoms with Crippen LogP contribution in [0.4, 0.5) is 0 Å². The molecule has 1 aliphatic heterocycles.